The van der Waals surface area contributed by atoms with Crippen molar-refractivity contribution in [3.8, 4) is 5.00 Å². The van der Waals surface area contributed by atoms with Crippen LogP contribution in [0.1, 0.15) is 45.7 Å². The lowest BCUT2D eigenvalue weighted by Gasteiger charge is -2.19. The number of amides is 1. The molecule has 4 heterocycles. The fourth-order valence-electron chi connectivity index (χ4n) is 5.09. The molecule has 0 fully saturated rings. The lowest BCUT2D eigenvalue weighted by molar-refractivity contribution is -0.140. The highest BCUT2D eigenvalue weighted by molar-refractivity contribution is 7.15. The van der Waals surface area contributed by atoms with Gasteiger partial charge in [0, 0.05) is 45.5 Å². The molecule has 5 aromatic rings. The van der Waals surface area contributed by atoms with Crippen molar-refractivity contribution in [1.82, 2.24) is 19.3 Å². The molecule has 1 aliphatic rings. The maximum atomic E-state index is 14.1. The molecule has 1 aliphatic heterocycles. The van der Waals surface area contributed by atoms with Crippen molar-refractivity contribution >= 4 is 57.4 Å². The van der Waals surface area contributed by atoms with Crippen LogP contribution in [0.5, 0.6) is 0 Å². The Morgan fingerprint density at radius 1 is 1.07 bits per heavy atom. The first kappa shape index (κ1) is 26.9. The van der Waals surface area contributed by atoms with Gasteiger partial charge in [-0.1, -0.05) is 54.9 Å². The molecule has 11 heteroatoms. The van der Waals surface area contributed by atoms with Crippen LogP contribution in [0.15, 0.2) is 65.7 Å². The number of carbonyl (C=O) groups excluding carboxylic acids is 2. The highest BCUT2D eigenvalue weighted by Crippen LogP contribution is 2.36. The van der Waals surface area contributed by atoms with Crippen LogP contribution < -0.4 is 4.90 Å². The van der Waals surface area contributed by atoms with Crippen LogP contribution in [-0.2, 0) is 29.0 Å². The molecule has 1 amide bonds. The molecule has 0 unspecified atom stereocenters. The number of esters is 1. The first-order valence-electron chi connectivity index (χ1n) is 13.2. The van der Waals surface area contributed by atoms with Crippen molar-refractivity contribution in [1.29, 1.82) is 0 Å². The van der Waals surface area contributed by atoms with Gasteiger partial charge >= 0.3 is 5.97 Å². The Bertz CT molecular complexity index is 1830. The highest BCUT2D eigenvalue weighted by Gasteiger charge is 2.30. The zero-order chi connectivity index (χ0) is 28.7. The summed E-state index contributed by atoms with van der Waals surface area (Å²) in [5, 5.41) is 11.3. The minimum Gasteiger partial charge on any atom is -0.469 e. The monoisotopic (exact) mass is 586 g/mol. The second-order valence-electron chi connectivity index (χ2n) is 9.61. The van der Waals surface area contributed by atoms with Crippen LogP contribution in [0.25, 0.3) is 15.9 Å². The Balaban J connectivity index is 1.43. The number of thiophene rings is 1. The zero-order valence-corrected chi connectivity index (χ0v) is 24.4. The van der Waals surface area contributed by atoms with Gasteiger partial charge in [0.05, 0.1) is 19.2 Å². The van der Waals surface area contributed by atoms with Crippen LogP contribution in [0.3, 0.4) is 0 Å². The summed E-state index contributed by atoms with van der Waals surface area (Å²) in [6.45, 7) is 2.68. The summed E-state index contributed by atoms with van der Waals surface area (Å²) in [5.41, 5.74) is 3.86. The molecule has 2 aromatic carbocycles. The van der Waals surface area contributed by atoms with Gasteiger partial charge in [0.25, 0.3) is 5.91 Å². The van der Waals surface area contributed by atoms with E-state index in [1.165, 1.54) is 16.9 Å². The second-order valence-corrected chi connectivity index (χ2v) is 11.1. The number of aryl methyl sites for hydroxylation is 2. The van der Waals surface area contributed by atoms with Gasteiger partial charge < -0.3 is 9.30 Å². The van der Waals surface area contributed by atoms with Crippen LogP contribution >= 0.6 is 22.9 Å². The number of ether oxygens (including phenoxy) is 1. The van der Waals surface area contributed by atoms with Gasteiger partial charge in [-0.05, 0) is 30.7 Å². The zero-order valence-electron chi connectivity index (χ0n) is 22.8. The minimum atomic E-state index is -0.344. The largest absolute Gasteiger partial charge is 0.469 e. The third-order valence-electron chi connectivity index (χ3n) is 7.19. The summed E-state index contributed by atoms with van der Waals surface area (Å²) in [4.78, 5) is 33.6. The quantitative estimate of drug-likeness (QED) is 0.228. The maximum absolute atomic E-state index is 14.1. The van der Waals surface area contributed by atoms with Gasteiger partial charge in [-0.2, -0.15) is 0 Å². The van der Waals surface area contributed by atoms with Crippen molar-refractivity contribution in [2.24, 2.45) is 4.99 Å². The van der Waals surface area contributed by atoms with E-state index in [-0.39, 0.29) is 24.8 Å². The van der Waals surface area contributed by atoms with Gasteiger partial charge in [-0.25, -0.2) is 0 Å². The summed E-state index contributed by atoms with van der Waals surface area (Å²) in [5.74, 6) is 0.394. The molecular formula is C30H27ClN6O3S. The molecule has 0 atom stereocenters. The average Bonchev–Trinajstić information content (AvgIpc) is 3.69. The van der Waals surface area contributed by atoms with E-state index in [0.29, 0.717) is 29.0 Å². The molecule has 41 heavy (non-hydrogen) atoms. The van der Waals surface area contributed by atoms with Crippen LogP contribution in [0.4, 0.5) is 5.95 Å². The number of aromatic nitrogens is 4. The molecular weight excluding hydrogens is 560 g/mol. The van der Waals surface area contributed by atoms with E-state index in [1.807, 2.05) is 63.7 Å². The van der Waals surface area contributed by atoms with Gasteiger partial charge in [0.1, 0.15) is 17.2 Å². The number of anilines is 1. The van der Waals surface area contributed by atoms with E-state index in [9.17, 15) is 9.59 Å². The van der Waals surface area contributed by atoms with Gasteiger partial charge in [-0.15, -0.1) is 21.5 Å². The SMILES string of the molecule is CCc1cc2c(s1)-n1c(nnc1N(C)C(=O)c1cc3ccccc3n1CCC(=O)OC)CN=C2c1ccccc1Cl. The maximum Gasteiger partial charge on any atom is 0.307 e. The fraction of sp³-hybridized carbons (Fsp3) is 0.233. The Morgan fingerprint density at radius 2 is 1.85 bits per heavy atom. The number of nitrogens with zero attached hydrogens (tertiary/aromatic N) is 6. The molecule has 6 rings (SSSR count). The van der Waals surface area contributed by atoms with Crippen molar-refractivity contribution in [3.63, 3.8) is 0 Å². The van der Waals surface area contributed by atoms with Gasteiger partial charge in [-0.3, -0.25) is 24.0 Å². The number of hydrogen-bond acceptors (Lipinski definition) is 7. The second kappa shape index (κ2) is 10.9. The van der Waals surface area contributed by atoms with E-state index in [0.717, 1.165) is 39.2 Å². The Morgan fingerprint density at radius 3 is 2.63 bits per heavy atom. The van der Waals surface area contributed by atoms with E-state index in [4.69, 9.17) is 21.3 Å². The van der Waals surface area contributed by atoms with Crippen molar-refractivity contribution < 1.29 is 14.3 Å². The topological polar surface area (TPSA) is 94.6 Å². The molecule has 0 radical (unpaired) electrons. The molecule has 0 bridgehead atoms. The first-order valence-corrected chi connectivity index (χ1v) is 14.4. The number of carbonyl (C=O) groups is 2. The third kappa shape index (κ3) is 4.72. The summed E-state index contributed by atoms with van der Waals surface area (Å²) in [6, 6.07) is 19.3. The average molecular weight is 587 g/mol. The molecule has 208 valence electrons. The summed E-state index contributed by atoms with van der Waals surface area (Å²) < 4.78 is 8.63. The Labute approximate surface area is 245 Å². The van der Waals surface area contributed by atoms with E-state index in [2.05, 4.69) is 23.2 Å². The fourth-order valence-corrected chi connectivity index (χ4v) is 6.43. The number of benzene rings is 2. The molecule has 9 nitrogen and oxygen atoms in total. The summed E-state index contributed by atoms with van der Waals surface area (Å²) in [7, 11) is 3.05. The van der Waals surface area contributed by atoms with E-state index >= 15 is 0 Å². The summed E-state index contributed by atoms with van der Waals surface area (Å²) in [6.07, 6.45) is 0.981. The molecule has 0 saturated carbocycles. The van der Waals surface area contributed by atoms with Gasteiger partial charge in [0.15, 0.2) is 5.82 Å². The number of halogens is 1. The Kier molecular flexibility index (Phi) is 7.19. The lowest BCUT2D eigenvalue weighted by Crippen LogP contribution is -2.31. The molecule has 0 spiro atoms. The molecule has 3 aromatic heterocycles. The van der Waals surface area contributed by atoms with Gasteiger partial charge in [0.2, 0.25) is 5.95 Å². The number of hydrogen-bond donors (Lipinski definition) is 0. The number of rotatable bonds is 7. The molecule has 0 saturated heterocycles. The number of methoxy groups -OCH3 is 1. The van der Waals surface area contributed by atoms with E-state index < -0.39 is 0 Å². The first-order chi connectivity index (χ1) is 19.9. The predicted molar refractivity (Wildman–Crippen MR) is 161 cm³/mol. The number of para-hydroxylation sites is 1. The van der Waals surface area contributed by atoms with Crippen LogP contribution in [0.2, 0.25) is 5.02 Å². The van der Waals surface area contributed by atoms with Crippen molar-refractivity contribution in [2.75, 3.05) is 19.1 Å². The minimum absolute atomic E-state index is 0.139. The highest BCUT2D eigenvalue weighted by atomic mass is 35.5. The molecule has 0 aliphatic carbocycles. The van der Waals surface area contributed by atoms with Crippen LogP contribution in [0, 0.1) is 0 Å². The van der Waals surface area contributed by atoms with E-state index in [1.54, 1.807) is 18.4 Å². The number of aliphatic imine (C=N–C) groups is 1. The smallest absolute Gasteiger partial charge is 0.307 e. The van der Waals surface area contributed by atoms with Crippen molar-refractivity contribution in [3.05, 3.63) is 93.2 Å². The normalized spacial score (nSPS) is 12.4. The van der Waals surface area contributed by atoms with Crippen LogP contribution in [-0.4, -0.2) is 51.1 Å². The third-order valence-corrected chi connectivity index (χ3v) is 8.79. The predicted octanol–water partition coefficient (Wildman–Crippen LogP) is 5.69. The lowest BCUT2D eigenvalue weighted by atomic mass is 10.0. The van der Waals surface area contributed by atoms with Crippen molar-refractivity contribution in [2.45, 2.75) is 32.9 Å². The standard InChI is InChI=1S/C30H27ClN6O3S/c1-4-19-16-21-27(20-10-6-7-11-22(20)31)32-17-25-33-34-30(37(25)29(21)41-19)35(2)28(39)24-15-18-9-5-8-12-23(18)36(24)14-13-26(38)40-3/h5-12,15-16H,4,13-14,17H2,1-3H3. The molecule has 0 N–H and O–H groups in total. The Hall–Kier alpha value is -4.28. The summed E-state index contributed by atoms with van der Waals surface area (Å²) >= 11 is 8.23. The number of fused-ring (bicyclic) bond motifs is 4.